The van der Waals surface area contributed by atoms with Gasteiger partial charge < -0.3 is 0 Å². The fourth-order valence-corrected chi connectivity index (χ4v) is 4.66. The van der Waals surface area contributed by atoms with E-state index in [0.717, 1.165) is 24.8 Å². The smallest absolute Gasteiger partial charge is 0.00199 e. The number of hydrogen-bond donors (Lipinski definition) is 0. The molecule has 0 saturated carbocycles. The van der Waals surface area contributed by atoms with E-state index in [2.05, 4.69) is 172 Å². The van der Waals surface area contributed by atoms with Crippen molar-refractivity contribution in [1.29, 1.82) is 0 Å². The Morgan fingerprint density at radius 1 is 0.735 bits per heavy atom. The summed E-state index contributed by atoms with van der Waals surface area (Å²) in [5, 5.41) is 0. The maximum Gasteiger partial charge on any atom is -0.00199 e. The third-order valence-corrected chi connectivity index (χ3v) is 7.14. The molecule has 0 spiro atoms. The number of benzene rings is 3. The van der Waals surface area contributed by atoms with Crippen LogP contribution in [0.3, 0.4) is 0 Å². The van der Waals surface area contributed by atoms with E-state index >= 15 is 0 Å². The van der Waals surface area contributed by atoms with Crippen molar-refractivity contribution in [1.82, 2.24) is 0 Å². The summed E-state index contributed by atoms with van der Waals surface area (Å²) >= 11 is 0. The lowest BCUT2D eigenvalue weighted by atomic mass is 9.95. The van der Waals surface area contributed by atoms with Crippen LogP contribution in [0.1, 0.15) is 76.6 Å². The second-order valence-electron chi connectivity index (χ2n) is 10.9. The van der Waals surface area contributed by atoms with Crippen LogP contribution in [0.4, 0.5) is 0 Å². The fourth-order valence-electron chi connectivity index (χ4n) is 4.66. The van der Waals surface area contributed by atoms with Gasteiger partial charge in [-0.05, 0) is 79.0 Å². The lowest BCUT2D eigenvalue weighted by Gasteiger charge is -2.10. The van der Waals surface area contributed by atoms with E-state index in [1.807, 2.05) is 57.2 Å². The van der Waals surface area contributed by atoms with Gasteiger partial charge in [-0.15, -0.1) is 0 Å². The maximum absolute atomic E-state index is 4.37. The molecule has 0 saturated heterocycles. The molecule has 0 heteroatoms. The van der Waals surface area contributed by atoms with Crippen molar-refractivity contribution in [3.8, 4) is 0 Å². The lowest BCUT2D eigenvalue weighted by molar-refractivity contribution is 1.19. The van der Waals surface area contributed by atoms with E-state index in [4.69, 9.17) is 0 Å². The van der Waals surface area contributed by atoms with Gasteiger partial charge in [0.05, 0.1) is 0 Å². The molecule has 0 fully saturated rings. The molecule has 0 N–H and O–H groups in total. The molecule has 4 rings (SSSR count). The van der Waals surface area contributed by atoms with Crippen LogP contribution >= 0.6 is 0 Å². The van der Waals surface area contributed by atoms with Gasteiger partial charge in [0.1, 0.15) is 0 Å². The first-order chi connectivity index (χ1) is 23.6. The zero-order valence-corrected chi connectivity index (χ0v) is 29.7. The summed E-state index contributed by atoms with van der Waals surface area (Å²) in [6.45, 7) is 14.5. The fraction of sp³-hybridized carbons (Fsp3) is 0.184. The molecule has 0 atom stereocenters. The van der Waals surface area contributed by atoms with Gasteiger partial charge >= 0.3 is 0 Å². The van der Waals surface area contributed by atoms with Crippen LogP contribution < -0.4 is 0 Å². The van der Waals surface area contributed by atoms with Crippen LogP contribution in [-0.4, -0.2) is 0 Å². The summed E-state index contributed by atoms with van der Waals surface area (Å²) in [6.07, 6.45) is 39.2. The Balaban J connectivity index is 0.00000105. The Labute approximate surface area is 299 Å². The van der Waals surface area contributed by atoms with Gasteiger partial charge in [0, 0.05) is 0 Å². The molecule has 254 valence electrons. The Kier molecular flexibility index (Phi) is 22.9. The number of aryl methyl sites for hydroxylation is 1. The van der Waals surface area contributed by atoms with Crippen molar-refractivity contribution in [3.05, 3.63) is 222 Å². The minimum absolute atomic E-state index is 0. The molecule has 0 heterocycles. The Bertz CT molecular complexity index is 1640. The minimum atomic E-state index is 0. The van der Waals surface area contributed by atoms with Gasteiger partial charge in [-0.3, -0.25) is 0 Å². The zero-order chi connectivity index (χ0) is 34.7. The van der Waals surface area contributed by atoms with Crippen LogP contribution in [0.15, 0.2) is 199 Å². The average Bonchev–Trinajstić information content (AvgIpc) is 3.40. The molecule has 0 unspecified atom stereocenters. The lowest BCUT2D eigenvalue weighted by Crippen LogP contribution is -1.90. The molecule has 0 amide bonds. The Morgan fingerprint density at radius 3 is 2.06 bits per heavy atom. The van der Waals surface area contributed by atoms with Gasteiger partial charge in [-0.2, -0.15) is 0 Å². The summed E-state index contributed by atoms with van der Waals surface area (Å²) in [6, 6.07) is 29.4. The molecule has 3 aromatic rings. The highest BCUT2D eigenvalue weighted by Crippen LogP contribution is 2.25. The number of allylic oxidation sites excluding steroid dienone is 19. The summed E-state index contributed by atoms with van der Waals surface area (Å²) in [7, 11) is 0. The molecule has 0 bridgehead atoms. The van der Waals surface area contributed by atoms with E-state index in [0.29, 0.717) is 0 Å². The first-order valence-electron chi connectivity index (χ1n) is 17.1. The van der Waals surface area contributed by atoms with Crippen LogP contribution in [0.25, 0.3) is 17.7 Å². The van der Waals surface area contributed by atoms with E-state index in [1.165, 1.54) is 39.0 Å². The normalized spacial score (nSPS) is 13.2. The molecule has 0 nitrogen and oxygen atoms in total. The zero-order valence-electron chi connectivity index (χ0n) is 29.7. The van der Waals surface area contributed by atoms with E-state index in [-0.39, 0.29) is 7.43 Å². The van der Waals surface area contributed by atoms with Crippen LogP contribution in [0.2, 0.25) is 0 Å². The minimum Gasteiger partial charge on any atom is -0.0915 e. The molecule has 1 aliphatic carbocycles. The molecule has 49 heavy (non-hydrogen) atoms. The molecule has 1 aliphatic rings. The molecule has 3 aromatic carbocycles. The molecule has 0 radical (unpaired) electrons. The van der Waals surface area contributed by atoms with Crippen LogP contribution in [0, 0.1) is 6.92 Å². The van der Waals surface area contributed by atoms with Crippen molar-refractivity contribution >= 4 is 17.7 Å². The maximum atomic E-state index is 4.37. The summed E-state index contributed by atoms with van der Waals surface area (Å²) < 4.78 is 0. The van der Waals surface area contributed by atoms with Crippen molar-refractivity contribution in [2.24, 2.45) is 0 Å². The Morgan fingerprint density at radius 2 is 1.43 bits per heavy atom. The van der Waals surface area contributed by atoms with Gasteiger partial charge in [-0.1, -0.05) is 222 Å². The number of hydrogen-bond acceptors (Lipinski definition) is 0. The predicted octanol–water partition coefficient (Wildman–Crippen LogP) is 14.9. The van der Waals surface area contributed by atoms with Crippen molar-refractivity contribution < 1.29 is 0 Å². The standard InChI is InChI=1S/C39H40.C7H8.C2H6.CH4/c1-4-6-12-20-33(3)39(31-35-24-14-7-8-15-25-35)32-36-27-29-38(30-28-36)37(19-5-2)26-18-10-9-13-21-34-22-16-11-17-23-34;1-7-5-3-2-4-6-7;1-2;/h4-7,9-17,19-30,32H,3,8,18,31H2,1-2H3;2-6H,1H3;1-2H3;1H4/b6-4-,10-9+,19-5-,20-12-,21-13+,37-26?,39-32+;;;. The Hall–Kier alpha value is -5.20. The van der Waals surface area contributed by atoms with Crippen molar-refractivity contribution in [2.45, 2.75) is 61.3 Å². The first-order valence-corrected chi connectivity index (χ1v) is 17.1. The monoisotopic (exact) mass is 646 g/mol. The molecule has 0 aliphatic heterocycles. The second kappa shape index (κ2) is 26.8. The third kappa shape index (κ3) is 18.1. The van der Waals surface area contributed by atoms with Gasteiger partial charge in [0.15, 0.2) is 0 Å². The number of rotatable bonds is 12. The highest BCUT2D eigenvalue weighted by Gasteiger charge is 2.05. The highest BCUT2D eigenvalue weighted by atomic mass is 14.1. The highest BCUT2D eigenvalue weighted by molar-refractivity contribution is 5.75. The van der Waals surface area contributed by atoms with E-state index < -0.39 is 0 Å². The molecular weight excluding hydrogens is 589 g/mol. The van der Waals surface area contributed by atoms with E-state index in [9.17, 15) is 0 Å². The SMILES string of the molecule is C.C=C(/C=C\C=C/C)/C(=C/c1ccc(C(=CC/C=C/C=C/c2ccccc2)/C=C\C)cc1)CC1=CC=CCC=C1.CC.Cc1ccccc1. The van der Waals surface area contributed by atoms with Crippen LogP contribution in [-0.2, 0) is 0 Å². The average molecular weight is 647 g/mol. The summed E-state index contributed by atoms with van der Waals surface area (Å²) in [5.41, 5.74) is 9.68. The predicted molar refractivity (Wildman–Crippen MR) is 224 cm³/mol. The van der Waals surface area contributed by atoms with Gasteiger partial charge in [0.25, 0.3) is 0 Å². The van der Waals surface area contributed by atoms with Gasteiger partial charge in [-0.25, -0.2) is 0 Å². The second-order valence-corrected chi connectivity index (χ2v) is 10.9. The van der Waals surface area contributed by atoms with Crippen LogP contribution in [0.5, 0.6) is 0 Å². The third-order valence-electron chi connectivity index (χ3n) is 7.14. The van der Waals surface area contributed by atoms with Crippen molar-refractivity contribution in [2.75, 3.05) is 0 Å². The quantitative estimate of drug-likeness (QED) is 0.172. The summed E-state index contributed by atoms with van der Waals surface area (Å²) in [5.74, 6) is 0. The van der Waals surface area contributed by atoms with E-state index in [1.54, 1.807) is 0 Å². The van der Waals surface area contributed by atoms with Crippen molar-refractivity contribution in [3.63, 3.8) is 0 Å². The van der Waals surface area contributed by atoms with Gasteiger partial charge in [0.2, 0.25) is 0 Å². The molecule has 0 aromatic heterocycles. The molecular formula is C49H58. The topological polar surface area (TPSA) is 0 Å². The largest absolute Gasteiger partial charge is 0.0915 e. The first kappa shape index (κ1) is 41.8. The summed E-state index contributed by atoms with van der Waals surface area (Å²) in [4.78, 5) is 0.